The fraction of sp³-hybridized carbons (Fsp3) is 0. The maximum Gasteiger partial charge on any atom is 0.293 e. The zero-order valence-corrected chi connectivity index (χ0v) is 6.10. The van der Waals surface area contributed by atoms with Gasteiger partial charge in [0.05, 0.1) is 0 Å². The van der Waals surface area contributed by atoms with Gasteiger partial charge in [-0.3, -0.25) is 0 Å². The summed E-state index contributed by atoms with van der Waals surface area (Å²) in [7, 11) is 0. The Kier molecular flexibility index (Phi) is 1.40. The first-order valence-corrected chi connectivity index (χ1v) is 3.08. The summed E-state index contributed by atoms with van der Waals surface area (Å²) in [5.74, 6) is 0.0804. The van der Waals surface area contributed by atoms with Crippen LogP contribution in [0.15, 0.2) is 5.11 Å². The molecule has 0 aliphatic carbocycles. The van der Waals surface area contributed by atoms with Crippen LogP contribution in [0.2, 0.25) is 0 Å². The van der Waals surface area contributed by atoms with Crippen molar-refractivity contribution in [2.24, 2.45) is 5.11 Å². The van der Waals surface area contributed by atoms with Crippen molar-refractivity contribution >= 4 is 17.4 Å². The van der Waals surface area contributed by atoms with E-state index < -0.39 is 0 Å². The highest BCUT2D eigenvalue weighted by Gasteiger charge is 2.05. The molecular formula is C3H2N10. The van der Waals surface area contributed by atoms with E-state index in [4.69, 9.17) is 11.3 Å². The lowest BCUT2D eigenvalue weighted by Gasteiger charge is -1.94. The lowest BCUT2D eigenvalue weighted by atomic mass is 10.6. The Labute approximate surface area is 70.0 Å². The standard InChI is InChI=1S/C3H2N10/c4-1-2(7-10-5)9-13-3(6-1)8-11-12-13/h(H2,4,6,8,12). The number of tetrazole rings is 1. The van der Waals surface area contributed by atoms with Crippen LogP contribution < -0.4 is 5.73 Å². The molecule has 13 heavy (non-hydrogen) atoms. The van der Waals surface area contributed by atoms with Gasteiger partial charge in [0.2, 0.25) is 0 Å². The molecule has 0 bridgehead atoms. The van der Waals surface area contributed by atoms with E-state index in [1.54, 1.807) is 0 Å². The predicted molar refractivity (Wildman–Crippen MR) is 39.6 cm³/mol. The van der Waals surface area contributed by atoms with Gasteiger partial charge in [-0.25, -0.2) is 0 Å². The number of aromatic nitrogens is 6. The second kappa shape index (κ2) is 2.53. The third kappa shape index (κ3) is 1.06. The number of rotatable bonds is 1. The minimum atomic E-state index is -0.0534. The van der Waals surface area contributed by atoms with Gasteiger partial charge in [0.25, 0.3) is 5.78 Å². The third-order valence-electron chi connectivity index (χ3n) is 1.22. The Hall–Kier alpha value is -2.48. The van der Waals surface area contributed by atoms with E-state index in [-0.39, 0.29) is 17.4 Å². The van der Waals surface area contributed by atoms with Gasteiger partial charge in [-0.2, -0.15) is 4.98 Å². The quantitative estimate of drug-likeness (QED) is 0.352. The lowest BCUT2D eigenvalue weighted by molar-refractivity contribution is 0.728. The van der Waals surface area contributed by atoms with Crippen molar-refractivity contribution in [1.29, 1.82) is 0 Å². The van der Waals surface area contributed by atoms with Gasteiger partial charge in [0, 0.05) is 4.91 Å². The van der Waals surface area contributed by atoms with Crippen molar-refractivity contribution < 1.29 is 0 Å². The van der Waals surface area contributed by atoms with Crippen LogP contribution in [0.1, 0.15) is 0 Å². The van der Waals surface area contributed by atoms with Gasteiger partial charge in [0.15, 0.2) is 11.6 Å². The van der Waals surface area contributed by atoms with Gasteiger partial charge in [-0.05, 0) is 21.1 Å². The van der Waals surface area contributed by atoms with Crippen molar-refractivity contribution in [3.8, 4) is 0 Å². The van der Waals surface area contributed by atoms with Crippen LogP contribution in [-0.4, -0.2) is 30.2 Å². The van der Waals surface area contributed by atoms with E-state index in [2.05, 4.69) is 35.6 Å². The van der Waals surface area contributed by atoms with Crippen molar-refractivity contribution in [2.75, 3.05) is 5.73 Å². The fourth-order valence-corrected chi connectivity index (χ4v) is 0.722. The zero-order valence-electron chi connectivity index (χ0n) is 6.10. The average molecular weight is 178 g/mol. The van der Waals surface area contributed by atoms with E-state index in [0.717, 1.165) is 4.63 Å². The molecular weight excluding hydrogens is 176 g/mol. The Morgan fingerprint density at radius 2 is 2.38 bits per heavy atom. The van der Waals surface area contributed by atoms with Crippen LogP contribution in [0.5, 0.6) is 0 Å². The van der Waals surface area contributed by atoms with E-state index in [1.165, 1.54) is 0 Å². The summed E-state index contributed by atoms with van der Waals surface area (Å²) >= 11 is 0. The molecule has 2 rings (SSSR count). The maximum atomic E-state index is 8.14. The summed E-state index contributed by atoms with van der Waals surface area (Å²) < 4.78 is 1.01. The number of azide groups is 1. The number of nitrogens with zero attached hydrogens (tertiary/aromatic N) is 9. The molecule has 0 aliphatic heterocycles. The highest BCUT2D eigenvalue weighted by atomic mass is 15.6. The monoisotopic (exact) mass is 178 g/mol. The topological polar surface area (TPSA) is 144 Å². The van der Waals surface area contributed by atoms with Crippen LogP contribution in [0.4, 0.5) is 11.6 Å². The molecule has 2 aromatic rings. The van der Waals surface area contributed by atoms with Crippen molar-refractivity contribution in [2.45, 2.75) is 0 Å². The number of fused-ring (bicyclic) bond motifs is 1. The molecule has 0 saturated heterocycles. The van der Waals surface area contributed by atoms with Crippen molar-refractivity contribution in [1.82, 2.24) is 30.2 Å². The van der Waals surface area contributed by atoms with Crippen LogP contribution in [-0.2, 0) is 0 Å². The van der Waals surface area contributed by atoms with Gasteiger partial charge in [0.1, 0.15) is 0 Å². The summed E-state index contributed by atoms with van der Waals surface area (Å²) in [6.45, 7) is 0. The first kappa shape index (κ1) is 7.18. The molecule has 2 heterocycles. The first-order chi connectivity index (χ1) is 6.31. The molecule has 2 aromatic heterocycles. The Morgan fingerprint density at radius 1 is 1.54 bits per heavy atom. The molecule has 0 fully saturated rings. The normalized spacial score (nSPS) is 9.85. The highest BCUT2D eigenvalue weighted by molar-refractivity contribution is 5.52. The zero-order chi connectivity index (χ0) is 9.26. The molecule has 0 aromatic carbocycles. The molecule has 0 aliphatic rings. The number of nitrogens with two attached hydrogens (primary N) is 1. The van der Waals surface area contributed by atoms with Gasteiger partial charge in [-0.1, -0.05) is 9.73 Å². The van der Waals surface area contributed by atoms with E-state index in [1.807, 2.05) is 0 Å². The van der Waals surface area contributed by atoms with Gasteiger partial charge in [-0.15, -0.1) is 5.10 Å². The molecule has 0 unspecified atom stereocenters. The second-order valence-corrected chi connectivity index (χ2v) is 1.98. The van der Waals surface area contributed by atoms with Gasteiger partial charge >= 0.3 is 0 Å². The molecule has 10 heteroatoms. The van der Waals surface area contributed by atoms with Crippen LogP contribution >= 0.6 is 0 Å². The van der Waals surface area contributed by atoms with Crippen LogP contribution in [0.3, 0.4) is 0 Å². The summed E-state index contributed by atoms with van der Waals surface area (Å²) in [6.07, 6.45) is 0. The van der Waals surface area contributed by atoms with Crippen molar-refractivity contribution in [3.05, 3.63) is 10.4 Å². The number of hydrogen-bond acceptors (Lipinski definition) is 7. The smallest absolute Gasteiger partial charge is 0.293 e. The summed E-state index contributed by atoms with van der Waals surface area (Å²) in [6, 6.07) is 0. The third-order valence-corrected chi connectivity index (χ3v) is 1.22. The fourth-order valence-electron chi connectivity index (χ4n) is 0.722. The highest BCUT2D eigenvalue weighted by Crippen LogP contribution is 2.14. The number of hydrogen-bond donors (Lipinski definition) is 1. The van der Waals surface area contributed by atoms with Crippen molar-refractivity contribution in [3.63, 3.8) is 0 Å². The summed E-state index contributed by atoms with van der Waals surface area (Å²) in [4.78, 5) is 6.25. The maximum absolute atomic E-state index is 8.14. The Morgan fingerprint density at radius 3 is 3.15 bits per heavy atom. The lowest BCUT2D eigenvalue weighted by Crippen LogP contribution is -2.01. The number of nitrogen functional groups attached to an aromatic ring is 1. The molecule has 10 nitrogen and oxygen atoms in total. The largest absolute Gasteiger partial charge is 0.382 e. The summed E-state index contributed by atoms with van der Waals surface area (Å²) in [5, 5.41) is 17.1. The Balaban J connectivity index is 2.75. The minimum absolute atomic E-state index is 0.0138. The molecule has 0 saturated carbocycles. The molecule has 0 amide bonds. The summed E-state index contributed by atoms with van der Waals surface area (Å²) in [5.41, 5.74) is 13.5. The second-order valence-electron chi connectivity index (χ2n) is 1.98. The first-order valence-electron chi connectivity index (χ1n) is 3.08. The minimum Gasteiger partial charge on any atom is -0.382 e. The predicted octanol–water partition coefficient (Wildman–Crippen LogP) is -0.562. The van der Waals surface area contributed by atoms with Crippen LogP contribution in [0.25, 0.3) is 16.2 Å². The Bertz CT molecular complexity index is 490. The number of anilines is 1. The molecule has 0 atom stereocenters. The molecule has 2 N–H and O–H groups in total. The van der Waals surface area contributed by atoms with Gasteiger partial charge < -0.3 is 5.73 Å². The van der Waals surface area contributed by atoms with E-state index in [9.17, 15) is 0 Å². The SMILES string of the molecule is [N-]=[N+]=Nc1nn2nnnc2nc1N. The van der Waals surface area contributed by atoms with E-state index in [0.29, 0.717) is 0 Å². The molecule has 0 radical (unpaired) electrons. The molecule has 0 spiro atoms. The average Bonchev–Trinajstić information content (AvgIpc) is 2.52. The molecule has 64 valence electrons. The van der Waals surface area contributed by atoms with Crippen LogP contribution in [0, 0.1) is 0 Å². The van der Waals surface area contributed by atoms with E-state index >= 15 is 0 Å².